The van der Waals surface area contributed by atoms with Crippen LogP contribution in [-0.2, 0) is 14.3 Å². The summed E-state index contributed by atoms with van der Waals surface area (Å²) in [5.74, 6) is -0.0116. The molecular formula is C5H6O3. The number of carbonyl (C=O) groups is 1. The third-order valence-corrected chi connectivity index (χ3v) is 1.60. The van der Waals surface area contributed by atoms with Crippen LogP contribution in [0.4, 0.5) is 0 Å². The van der Waals surface area contributed by atoms with E-state index < -0.39 is 0 Å². The Balaban J connectivity index is 2.11. The zero-order valence-electron chi connectivity index (χ0n) is 4.29. The van der Waals surface area contributed by atoms with Crippen LogP contribution in [0.2, 0.25) is 0 Å². The summed E-state index contributed by atoms with van der Waals surface area (Å²) < 4.78 is 9.66. The summed E-state index contributed by atoms with van der Waals surface area (Å²) in [5.41, 5.74) is 0. The van der Waals surface area contributed by atoms with Gasteiger partial charge in [0.05, 0.1) is 13.2 Å². The van der Waals surface area contributed by atoms with Crippen LogP contribution in [0.5, 0.6) is 0 Å². The van der Waals surface area contributed by atoms with Crippen molar-refractivity contribution in [3.8, 4) is 0 Å². The van der Waals surface area contributed by atoms with Gasteiger partial charge in [-0.3, -0.25) is 4.79 Å². The number of hydrogen-bond donors (Lipinski definition) is 0. The average Bonchev–Trinajstić information content (AvgIpc) is 2.09. The van der Waals surface area contributed by atoms with Crippen LogP contribution in [0.25, 0.3) is 0 Å². The van der Waals surface area contributed by atoms with Crippen molar-refractivity contribution in [1.82, 2.24) is 0 Å². The first kappa shape index (κ1) is 4.32. The third kappa shape index (κ3) is 0.351. The minimum atomic E-state index is -0.0903. The van der Waals surface area contributed by atoms with Crippen LogP contribution < -0.4 is 0 Å². The summed E-state index contributed by atoms with van der Waals surface area (Å²) in [6.07, 6.45) is 0.0995. The molecule has 2 rings (SSSR count). The van der Waals surface area contributed by atoms with E-state index in [4.69, 9.17) is 9.47 Å². The van der Waals surface area contributed by atoms with Gasteiger partial charge in [-0.2, -0.15) is 0 Å². The van der Waals surface area contributed by atoms with Crippen LogP contribution in [0.1, 0.15) is 0 Å². The molecule has 0 amide bonds. The first-order valence-corrected chi connectivity index (χ1v) is 2.66. The molecule has 0 N–H and O–H groups in total. The van der Waals surface area contributed by atoms with Gasteiger partial charge in [0, 0.05) is 0 Å². The van der Waals surface area contributed by atoms with E-state index in [9.17, 15) is 4.79 Å². The van der Waals surface area contributed by atoms with E-state index in [2.05, 4.69) is 0 Å². The van der Waals surface area contributed by atoms with Crippen molar-refractivity contribution in [2.24, 2.45) is 5.92 Å². The minimum Gasteiger partial charge on any atom is -0.459 e. The smallest absolute Gasteiger partial charge is 0.315 e. The lowest BCUT2D eigenvalue weighted by atomic mass is 10.0. The fourth-order valence-corrected chi connectivity index (χ4v) is 1.03. The van der Waals surface area contributed by atoms with Gasteiger partial charge in [-0.1, -0.05) is 0 Å². The molecule has 0 aromatic heterocycles. The Bertz CT molecular complexity index is 132. The number of fused-ring (bicyclic) bond motifs is 1. The molecule has 0 spiro atoms. The Morgan fingerprint density at radius 1 is 1.50 bits per heavy atom. The molecule has 2 aliphatic rings. The SMILES string of the molecule is O=C1O[C@H]2COC[C@@H]12. The maximum Gasteiger partial charge on any atom is 0.315 e. The molecule has 0 aromatic rings. The van der Waals surface area contributed by atoms with Gasteiger partial charge in [0.2, 0.25) is 0 Å². The Kier molecular flexibility index (Phi) is 0.663. The van der Waals surface area contributed by atoms with Gasteiger partial charge in [-0.05, 0) is 0 Å². The van der Waals surface area contributed by atoms with Crippen LogP contribution >= 0.6 is 0 Å². The number of hydrogen-bond acceptors (Lipinski definition) is 3. The predicted molar refractivity (Wildman–Crippen MR) is 24.2 cm³/mol. The molecular weight excluding hydrogens is 108 g/mol. The van der Waals surface area contributed by atoms with Crippen molar-refractivity contribution in [1.29, 1.82) is 0 Å². The van der Waals surface area contributed by atoms with Crippen molar-refractivity contribution in [3.63, 3.8) is 0 Å². The number of carbonyl (C=O) groups excluding carboxylic acids is 1. The molecule has 3 heteroatoms. The van der Waals surface area contributed by atoms with E-state index >= 15 is 0 Å². The van der Waals surface area contributed by atoms with Gasteiger partial charge >= 0.3 is 5.97 Å². The topological polar surface area (TPSA) is 35.5 Å². The highest BCUT2D eigenvalue weighted by Gasteiger charge is 2.46. The molecule has 2 heterocycles. The monoisotopic (exact) mass is 114 g/mol. The highest BCUT2D eigenvalue weighted by atomic mass is 16.6. The Morgan fingerprint density at radius 2 is 2.38 bits per heavy atom. The second kappa shape index (κ2) is 1.23. The highest BCUT2D eigenvalue weighted by Crippen LogP contribution is 2.27. The summed E-state index contributed by atoms with van der Waals surface area (Å²) in [5, 5.41) is 0. The number of esters is 1. The summed E-state index contributed by atoms with van der Waals surface area (Å²) >= 11 is 0. The highest BCUT2D eigenvalue weighted by molar-refractivity contribution is 5.79. The minimum absolute atomic E-state index is 0.0787. The first-order chi connectivity index (χ1) is 3.88. The molecule has 2 fully saturated rings. The lowest BCUT2D eigenvalue weighted by Gasteiger charge is -2.26. The lowest BCUT2D eigenvalue weighted by molar-refractivity contribution is -0.177. The van der Waals surface area contributed by atoms with Gasteiger partial charge in [-0.25, -0.2) is 0 Å². The third-order valence-electron chi connectivity index (χ3n) is 1.60. The quantitative estimate of drug-likeness (QED) is 0.400. The van der Waals surface area contributed by atoms with Crippen LogP contribution in [0, 0.1) is 5.92 Å². The fraction of sp³-hybridized carbons (Fsp3) is 0.800. The number of rotatable bonds is 0. The van der Waals surface area contributed by atoms with E-state index in [0.717, 1.165) is 0 Å². The maximum absolute atomic E-state index is 10.4. The Hall–Kier alpha value is -0.570. The largest absolute Gasteiger partial charge is 0.459 e. The standard InChI is InChI=1S/C5H6O3/c6-5-3-1-7-2-4(3)8-5/h3-4H,1-2H2/t3-,4+/m1/s1. The maximum atomic E-state index is 10.4. The van der Waals surface area contributed by atoms with E-state index in [-0.39, 0.29) is 18.0 Å². The summed E-state index contributed by atoms with van der Waals surface area (Å²) in [4.78, 5) is 10.4. The van der Waals surface area contributed by atoms with E-state index in [0.29, 0.717) is 13.2 Å². The van der Waals surface area contributed by atoms with Gasteiger partial charge in [0.1, 0.15) is 12.0 Å². The zero-order valence-corrected chi connectivity index (χ0v) is 4.29. The lowest BCUT2D eigenvalue weighted by Crippen LogP contribution is -2.43. The van der Waals surface area contributed by atoms with Crippen molar-refractivity contribution < 1.29 is 14.3 Å². The molecule has 0 unspecified atom stereocenters. The van der Waals surface area contributed by atoms with Crippen molar-refractivity contribution in [2.75, 3.05) is 13.2 Å². The second-order valence-corrected chi connectivity index (χ2v) is 2.12. The molecule has 0 radical (unpaired) electrons. The van der Waals surface area contributed by atoms with Crippen LogP contribution in [0.3, 0.4) is 0 Å². The molecule has 8 heavy (non-hydrogen) atoms. The van der Waals surface area contributed by atoms with Crippen LogP contribution in [0.15, 0.2) is 0 Å². The zero-order chi connectivity index (χ0) is 5.56. The molecule has 3 nitrogen and oxygen atoms in total. The van der Waals surface area contributed by atoms with E-state index in [1.54, 1.807) is 0 Å². The van der Waals surface area contributed by atoms with Gasteiger partial charge < -0.3 is 9.47 Å². The van der Waals surface area contributed by atoms with Gasteiger partial charge in [0.15, 0.2) is 0 Å². The molecule has 2 atom stereocenters. The fourth-order valence-electron chi connectivity index (χ4n) is 1.03. The predicted octanol–water partition coefficient (Wildman–Crippen LogP) is -0.442. The Morgan fingerprint density at radius 3 is 2.88 bits per heavy atom. The summed E-state index contributed by atoms with van der Waals surface area (Å²) in [7, 11) is 0. The van der Waals surface area contributed by atoms with Crippen LogP contribution in [-0.4, -0.2) is 25.3 Å². The molecule has 0 aromatic carbocycles. The average molecular weight is 114 g/mol. The molecule has 0 saturated carbocycles. The molecule has 44 valence electrons. The van der Waals surface area contributed by atoms with E-state index in [1.807, 2.05) is 0 Å². The normalized spacial score (nSPS) is 42.8. The first-order valence-electron chi connectivity index (χ1n) is 2.66. The second-order valence-electron chi connectivity index (χ2n) is 2.12. The van der Waals surface area contributed by atoms with E-state index in [1.165, 1.54) is 0 Å². The molecule has 2 aliphatic heterocycles. The molecule has 0 bridgehead atoms. The molecule has 0 aliphatic carbocycles. The summed E-state index contributed by atoms with van der Waals surface area (Å²) in [6.45, 7) is 1.18. The number of ether oxygens (including phenoxy) is 2. The van der Waals surface area contributed by atoms with Crippen molar-refractivity contribution >= 4 is 5.97 Å². The summed E-state index contributed by atoms with van der Waals surface area (Å²) in [6, 6.07) is 0. The Labute approximate surface area is 46.6 Å². The van der Waals surface area contributed by atoms with Crippen molar-refractivity contribution in [3.05, 3.63) is 0 Å². The molecule has 2 saturated heterocycles. The van der Waals surface area contributed by atoms with Gasteiger partial charge in [-0.15, -0.1) is 0 Å². The van der Waals surface area contributed by atoms with Crippen molar-refractivity contribution in [2.45, 2.75) is 6.10 Å². The van der Waals surface area contributed by atoms with Gasteiger partial charge in [0.25, 0.3) is 0 Å².